The molecule has 0 aliphatic carbocycles. The zero-order valence-corrected chi connectivity index (χ0v) is 25.3. The molecule has 10 heteroatoms. The fourth-order valence-electron chi connectivity index (χ4n) is 5.10. The summed E-state index contributed by atoms with van der Waals surface area (Å²) in [7, 11) is 1.68. The van der Waals surface area contributed by atoms with Gasteiger partial charge in [0.25, 0.3) is 0 Å². The maximum atomic E-state index is 11.9. The minimum atomic E-state index is -0.0925. The number of methoxy groups -OCH3 is 1. The van der Waals surface area contributed by atoms with E-state index in [4.69, 9.17) is 14.2 Å². The minimum absolute atomic E-state index is 0.0792. The number of ether oxygens (including phenoxy) is 3. The van der Waals surface area contributed by atoms with Gasteiger partial charge in [-0.15, -0.1) is 0 Å². The molecule has 0 spiro atoms. The van der Waals surface area contributed by atoms with Crippen molar-refractivity contribution in [3.8, 4) is 0 Å². The molecule has 4 heterocycles. The molecule has 1 saturated heterocycles. The first-order chi connectivity index (χ1) is 20.6. The van der Waals surface area contributed by atoms with E-state index in [1.54, 1.807) is 42.9 Å². The van der Waals surface area contributed by atoms with E-state index in [1.165, 1.54) is 25.1 Å². The number of aryl methyl sites for hydroxylation is 1. The SMILES string of the molecule is COCCOCC(Nc1ccc2c(c1)Sc1cccc(C3CN(c4cc[nH]c(=O)c4)CCO3)c1S2)c1ccc(C)cn1. The van der Waals surface area contributed by atoms with E-state index < -0.39 is 0 Å². The summed E-state index contributed by atoms with van der Waals surface area (Å²) in [6.07, 6.45) is 3.51. The van der Waals surface area contributed by atoms with Crippen LogP contribution in [0.25, 0.3) is 0 Å². The zero-order chi connectivity index (χ0) is 28.9. The first kappa shape index (κ1) is 28.8. The molecular formula is C32H34N4O4S2. The quantitative estimate of drug-likeness (QED) is 0.184. The molecule has 0 radical (unpaired) electrons. The largest absolute Gasteiger partial charge is 0.382 e. The lowest BCUT2D eigenvalue weighted by molar-refractivity contribution is 0.0379. The van der Waals surface area contributed by atoms with Crippen LogP contribution in [0.5, 0.6) is 0 Å². The van der Waals surface area contributed by atoms with Gasteiger partial charge in [0, 0.05) is 69.6 Å². The normalized spacial score (nSPS) is 16.9. The molecule has 4 aromatic rings. The standard InChI is InChI=1S/C32H34N4O4S2/c1-21-6-8-25(34-18-21)26(20-39-15-14-38-2)35-22-7-9-28-30(16-22)41-29-5-3-4-24(32(29)42-28)27-19-36(12-13-40-27)23-10-11-33-31(37)17-23/h3-11,16-18,26-27,35H,12-15,19-20H2,1-2H3,(H,33,37). The molecule has 0 saturated carbocycles. The van der Waals surface area contributed by atoms with Gasteiger partial charge in [0.1, 0.15) is 6.10 Å². The summed E-state index contributed by atoms with van der Waals surface area (Å²) in [6, 6.07) is 20.6. The Kier molecular flexibility index (Phi) is 9.16. The van der Waals surface area contributed by atoms with Crippen LogP contribution in [0.15, 0.2) is 97.4 Å². The van der Waals surface area contributed by atoms with Gasteiger partial charge in [0.15, 0.2) is 0 Å². The fourth-order valence-corrected chi connectivity index (χ4v) is 7.55. The molecule has 2 N–H and O–H groups in total. The average molecular weight is 603 g/mol. The number of aromatic amines is 1. The number of morpholine rings is 1. The highest BCUT2D eigenvalue weighted by molar-refractivity contribution is 8.05. The number of H-pyrrole nitrogens is 1. The minimum Gasteiger partial charge on any atom is -0.382 e. The number of hydrogen-bond donors (Lipinski definition) is 2. The second-order valence-corrected chi connectivity index (χ2v) is 12.4. The van der Waals surface area contributed by atoms with Gasteiger partial charge in [-0.25, -0.2) is 0 Å². The highest BCUT2D eigenvalue weighted by Gasteiger charge is 2.28. The van der Waals surface area contributed by atoms with Gasteiger partial charge in [-0.05, 0) is 54.4 Å². The van der Waals surface area contributed by atoms with Gasteiger partial charge in [-0.1, -0.05) is 41.7 Å². The Morgan fingerprint density at radius 1 is 1.10 bits per heavy atom. The molecule has 1 fully saturated rings. The van der Waals surface area contributed by atoms with Crippen molar-refractivity contribution < 1.29 is 14.2 Å². The van der Waals surface area contributed by atoms with E-state index in [2.05, 4.69) is 68.7 Å². The van der Waals surface area contributed by atoms with Crippen LogP contribution in [-0.2, 0) is 14.2 Å². The second-order valence-electron chi connectivity index (χ2n) is 10.3. The van der Waals surface area contributed by atoms with Crippen molar-refractivity contribution >= 4 is 34.9 Å². The van der Waals surface area contributed by atoms with E-state index in [9.17, 15) is 4.79 Å². The Morgan fingerprint density at radius 2 is 2.02 bits per heavy atom. The predicted octanol–water partition coefficient (Wildman–Crippen LogP) is 6.09. The monoisotopic (exact) mass is 602 g/mol. The number of anilines is 2. The molecule has 8 nitrogen and oxygen atoms in total. The molecule has 218 valence electrons. The third-order valence-electron chi connectivity index (χ3n) is 7.27. The number of rotatable bonds is 10. The van der Waals surface area contributed by atoms with Crippen molar-refractivity contribution in [3.63, 3.8) is 0 Å². The highest BCUT2D eigenvalue weighted by atomic mass is 32.2. The lowest BCUT2D eigenvalue weighted by atomic mass is 10.1. The third kappa shape index (κ3) is 6.68. The number of hydrogen-bond acceptors (Lipinski definition) is 9. The van der Waals surface area contributed by atoms with Crippen molar-refractivity contribution in [1.29, 1.82) is 0 Å². The molecule has 42 heavy (non-hydrogen) atoms. The average Bonchev–Trinajstić information content (AvgIpc) is 3.01. The van der Waals surface area contributed by atoms with E-state index >= 15 is 0 Å². The molecule has 2 atom stereocenters. The first-order valence-electron chi connectivity index (χ1n) is 14.0. The first-order valence-corrected chi connectivity index (χ1v) is 15.6. The number of nitrogens with zero attached hydrogens (tertiary/aromatic N) is 2. The van der Waals surface area contributed by atoms with E-state index in [0.717, 1.165) is 29.2 Å². The van der Waals surface area contributed by atoms with Gasteiger partial charge in [-0.2, -0.15) is 0 Å². The second kappa shape index (κ2) is 13.4. The summed E-state index contributed by atoms with van der Waals surface area (Å²) in [6.45, 7) is 5.67. The van der Waals surface area contributed by atoms with Crippen LogP contribution in [0.4, 0.5) is 11.4 Å². The molecule has 2 aliphatic rings. The third-order valence-corrected chi connectivity index (χ3v) is 9.88. The zero-order valence-electron chi connectivity index (χ0n) is 23.7. The van der Waals surface area contributed by atoms with E-state index in [-0.39, 0.29) is 17.7 Å². The highest BCUT2D eigenvalue weighted by Crippen LogP contribution is 2.52. The molecular weight excluding hydrogens is 569 g/mol. The maximum absolute atomic E-state index is 11.9. The van der Waals surface area contributed by atoms with Crippen LogP contribution in [0.2, 0.25) is 0 Å². The van der Waals surface area contributed by atoms with Crippen molar-refractivity contribution in [2.24, 2.45) is 0 Å². The number of nitrogens with one attached hydrogen (secondary N) is 2. The Bertz CT molecular complexity index is 1580. The summed E-state index contributed by atoms with van der Waals surface area (Å²) in [5.74, 6) is 0. The predicted molar refractivity (Wildman–Crippen MR) is 167 cm³/mol. The van der Waals surface area contributed by atoms with Crippen LogP contribution in [-0.4, -0.2) is 56.6 Å². The van der Waals surface area contributed by atoms with Crippen molar-refractivity contribution in [2.75, 3.05) is 56.8 Å². The molecule has 2 aromatic carbocycles. The van der Waals surface area contributed by atoms with Gasteiger partial charge in [0.2, 0.25) is 5.56 Å². The van der Waals surface area contributed by atoms with Gasteiger partial charge in [0.05, 0.1) is 38.2 Å². The number of aromatic nitrogens is 2. The lowest BCUT2D eigenvalue weighted by Crippen LogP contribution is -2.39. The Labute approximate surface area is 254 Å². The molecule has 2 aromatic heterocycles. The van der Waals surface area contributed by atoms with Crippen LogP contribution < -0.4 is 15.8 Å². The van der Waals surface area contributed by atoms with Gasteiger partial charge in [-0.3, -0.25) is 9.78 Å². The molecule has 0 amide bonds. The summed E-state index contributed by atoms with van der Waals surface area (Å²) >= 11 is 3.58. The molecule has 2 unspecified atom stereocenters. The van der Waals surface area contributed by atoms with Crippen LogP contribution in [0, 0.1) is 6.92 Å². The van der Waals surface area contributed by atoms with E-state index in [1.807, 2.05) is 19.2 Å². The lowest BCUT2D eigenvalue weighted by Gasteiger charge is -2.36. The maximum Gasteiger partial charge on any atom is 0.249 e. The van der Waals surface area contributed by atoms with Crippen LogP contribution in [0.3, 0.4) is 0 Å². The smallest absolute Gasteiger partial charge is 0.249 e. The summed E-state index contributed by atoms with van der Waals surface area (Å²) in [5.41, 5.74) is 5.10. The van der Waals surface area contributed by atoms with E-state index in [0.29, 0.717) is 33.0 Å². The molecule has 0 bridgehead atoms. The number of benzene rings is 2. The molecule has 2 aliphatic heterocycles. The van der Waals surface area contributed by atoms with Crippen molar-refractivity contribution in [1.82, 2.24) is 9.97 Å². The number of fused-ring (bicyclic) bond motifs is 2. The van der Waals surface area contributed by atoms with Crippen LogP contribution in [0.1, 0.15) is 29.0 Å². The Balaban J connectivity index is 1.19. The molecule has 6 rings (SSSR count). The van der Waals surface area contributed by atoms with Gasteiger partial charge >= 0.3 is 0 Å². The Morgan fingerprint density at radius 3 is 2.86 bits per heavy atom. The number of pyridine rings is 2. The summed E-state index contributed by atoms with van der Waals surface area (Å²) in [5, 5.41) is 3.65. The summed E-state index contributed by atoms with van der Waals surface area (Å²) < 4.78 is 17.3. The summed E-state index contributed by atoms with van der Waals surface area (Å²) in [4.78, 5) is 26.4. The van der Waals surface area contributed by atoms with Crippen molar-refractivity contribution in [2.45, 2.75) is 38.7 Å². The van der Waals surface area contributed by atoms with Gasteiger partial charge < -0.3 is 29.4 Å². The Hall–Kier alpha value is -3.28. The fraction of sp³-hybridized carbons (Fsp3) is 0.312. The van der Waals surface area contributed by atoms with Crippen LogP contribution >= 0.6 is 23.5 Å². The van der Waals surface area contributed by atoms with Crippen molar-refractivity contribution in [3.05, 3.63) is 100 Å². The topological polar surface area (TPSA) is 88.7 Å².